The summed E-state index contributed by atoms with van der Waals surface area (Å²) in [4.78, 5) is 25.9. The molecule has 1 atom stereocenters. The lowest BCUT2D eigenvalue weighted by molar-refractivity contribution is -0.139. The van der Waals surface area contributed by atoms with E-state index in [0.29, 0.717) is 33.5 Å². The smallest absolute Gasteiger partial charge is 0.338 e. The molecule has 1 aromatic rings. The van der Waals surface area contributed by atoms with Gasteiger partial charge < -0.3 is 15.0 Å². The van der Waals surface area contributed by atoms with Crippen LogP contribution in [0.5, 0.6) is 0 Å². The molecule has 1 aromatic carbocycles. The normalized spacial score (nSPS) is 18.0. The number of esters is 1. The largest absolute Gasteiger partial charge is 0.462 e. The summed E-state index contributed by atoms with van der Waals surface area (Å²) in [6.07, 6.45) is 0.720. The average Bonchev–Trinajstić information content (AvgIpc) is 2.52. The van der Waals surface area contributed by atoms with Gasteiger partial charge in [0, 0.05) is 12.7 Å². The summed E-state index contributed by atoms with van der Waals surface area (Å²) >= 11 is 12.0. The molecule has 7 heteroatoms. The first-order valence-corrected chi connectivity index (χ1v) is 7.99. The van der Waals surface area contributed by atoms with Gasteiger partial charge in [-0.1, -0.05) is 36.2 Å². The summed E-state index contributed by atoms with van der Waals surface area (Å²) in [5.41, 5.74) is 1.61. The fourth-order valence-electron chi connectivity index (χ4n) is 2.31. The van der Waals surface area contributed by atoms with Gasteiger partial charge in [0.15, 0.2) is 0 Å². The molecule has 0 unspecified atom stereocenters. The topological polar surface area (TPSA) is 58.6 Å². The summed E-state index contributed by atoms with van der Waals surface area (Å²) in [7, 11) is 1.60. The Morgan fingerprint density at radius 3 is 2.65 bits per heavy atom. The van der Waals surface area contributed by atoms with Crippen molar-refractivity contribution in [2.45, 2.75) is 26.3 Å². The number of amides is 2. The molecule has 2 rings (SSSR count). The third-order valence-corrected chi connectivity index (χ3v) is 4.43. The number of halogens is 2. The molecule has 2 amide bonds. The van der Waals surface area contributed by atoms with Gasteiger partial charge in [0.2, 0.25) is 0 Å². The van der Waals surface area contributed by atoms with Crippen LogP contribution in [0.2, 0.25) is 10.0 Å². The number of urea groups is 1. The van der Waals surface area contributed by atoms with Gasteiger partial charge in [-0.05, 0) is 31.0 Å². The molecule has 0 aromatic heterocycles. The maximum absolute atomic E-state index is 12.4. The van der Waals surface area contributed by atoms with Crippen molar-refractivity contribution in [1.82, 2.24) is 10.2 Å². The quantitative estimate of drug-likeness (QED) is 0.831. The van der Waals surface area contributed by atoms with Crippen molar-refractivity contribution < 1.29 is 14.3 Å². The Labute approximate surface area is 145 Å². The molecule has 0 aliphatic carbocycles. The number of hydrogen-bond donors (Lipinski definition) is 1. The summed E-state index contributed by atoms with van der Waals surface area (Å²) in [5, 5.41) is 3.56. The Balaban J connectivity index is 2.47. The van der Waals surface area contributed by atoms with E-state index in [1.807, 2.05) is 6.92 Å². The minimum absolute atomic E-state index is 0.300. The molecule has 1 N–H and O–H groups in total. The zero-order chi connectivity index (χ0) is 17.1. The van der Waals surface area contributed by atoms with Crippen molar-refractivity contribution in [2.24, 2.45) is 0 Å². The van der Waals surface area contributed by atoms with Crippen molar-refractivity contribution in [3.8, 4) is 0 Å². The molecule has 0 spiro atoms. The molecule has 0 saturated heterocycles. The fourth-order valence-corrected chi connectivity index (χ4v) is 2.62. The van der Waals surface area contributed by atoms with Gasteiger partial charge >= 0.3 is 12.0 Å². The lowest BCUT2D eigenvalue weighted by Gasteiger charge is -2.33. The van der Waals surface area contributed by atoms with Crippen LogP contribution in [-0.2, 0) is 9.53 Å². The Morgan fingerprint density at radius 2 is 2.04 bits per heavy atom. The number of hydrogen-bond acceptors (Lipinski definition) is 3. The van der Waals surface area contributed by atoms with E-state index in [-0.39, 0.29) is 6.03 Å². The summed E-state index contributed by atoms with van der Waals surface area (Å²) in [6.45, 7) is 3.95. The van der Waals surface area contributed by atoms with Gasteiger partial charge in [0.1, 0.15) is 0 Å². The first-order chi connectivity index (χ1) is 10.9. The number of ether oxygens (including phenoxy) is 1. The molecule has 23 heavy (non-hydrogen) atoms. The van der Waals surface area contributed by atoms with Crippen molar-refractivity contribution in [3.63, 3.8) is 0 Å². The highest BCUT2D eigenvalue weighted by molar-refractivity contribution is 6.42. The molecule has 5 nitrogen and oxygen atoms in total. The number of benzene rings is 1. The SMILES string of the molecule is CCCOC(=O)C1=C(C)N(C)C(=O)N[C@H]1c1ccc(Cl)c(Cl)c1. The predicted molar refractivity (Wildman–Crippen MR) is 89.4 cm³/mol. The molecule has 0 bridgehead atoms. The van der Waals surface area contributed by atoms with Crippen LogP contribution in [0.1, 0.15) is 31.9 Å². The van der Waals surface area contributed by atoms with Crippen LogP contribution in [0.4, 0.5) is 4.79 Å². The van der Waals surface area contributed by atoms with Crippen LogP contribution in [0.25, 0.3) is 0 Å². The number of rotatable bonds is 4. The van der Waals surface area contributed by atoms with Crippen molar-refractivity contribution in [1.29, 1.82) is 0 Å². The predicted octanol–water partition coefficient (Wildman–Crippen LogP) is 3.92. The van der Waals surface area contributed by atoms with Crippen LogP contribution in [0.3, 0.4) is 0 Å². The van der Waals surface area contributed by atoms with Gasteiger partial charge in [-0.15, -0.1) is 0 Å². The van der Waals surface area contributed by atoms with Crippen LogP contribution in [0, 0.1) is 0 Å². The second-order valence-corrected chi connectivity index (χ2v) is 6.06. The maximum atomic E-state index is 12.4. The van der Waals surface area contributed by atoms with Gasteiger partial charge in [0.25, 0.3) is 0 Å². The van der Waals surface area contributed by atoms with E-state index < -0.39 is 12.0 Å². The van der Waals surface area contributed by atoms with E-state index in [1.165, 1.54) is 4.90 Å². The second-order valence-electron chi connectivity index (χ2n) is 5.25. The Morgan fingerprint density at radius 1 is 1.35 bits per heavy atom. The third kappa shape index (κ3) is 3.62. The highest BCUT2D eigenvalue weighted by Gasteiger charge is 2.35. The maximum Gasteiger partial charge on any atom is 0.338 e. The van der Waals surface area contributed by atoms with E-state index in [0.717, 1.165) is 6.42 Å². The van der Waals surface area contributed by atoms with Crippen LogP contribution < -0.4 is 5.32 Å². The zero-order valence-corrected chi connectivity index (χ0v) is 14.7. The van der Waals surface area contributed by atoms with Crippen LogP contribution in [-0.4, -0.2) is 30.6 Å². The minimum atomic E-state index is -0.627. The van der Waals surface area contributed by atoms with Gasteiger partial charge in [-0.2, -0.15) is 0 Å². The summed E-state index contributed by atoms with van der Waals surface area (Å²) < 4.78 is 5.26. The van der Waals surface area contributed by atoms with Gasteiger partial charge in [0.05, 0.1) is 28.3 Å². The molecule has 0 radical (unpaired) electrons. The standard InChI is InChI=1S/C16H18Cl2N2O3/c1-4-7-23-15(21)13-9(2)20(3)16(22)19-14(13)10-5-6-11(17)12(18)8-10/h5-6,8,14H,4,7H2,1-3H3,(H,19,22)/t14-/m0/s1. The van der Waals surface area contributed by atoms with E-state index in [2.05, 4.69) is 5.32 Å². The third-order valence-electron chi connectivity index (χ3n) is 3.69. The van der Waals surface area contributed by atoms with E-state index >= 15 is 0 Å². The number of nitrogens with one attached hydrogen (secondary N) is 1. The number of nitrogens with zero attached hydrogens (tertiary/aromatic N) is 1. The molecule has 0 fully saturated rings. The summed E-state index contributed by atoms with van der Waals surface area (Å²) in [5.74, 6) is -0.452. The number of allylic oxidation sites excluding steroid dienone is 1. The number of carbonyl (C=O) groups excluding carboxylic acids is 2. The average molecular weight is 357 g/mol. The first kappa shape index (κ1) is 17.6. The Kier molecular flexibility index (Phi) is 5.55. The fraction of sp³-hybridized carbons (Fsp3) is 0.375. The van der Waals surface area contributed by atoms with E-state index in [1.54, 1.807) is 32.2 Å². The van der Waals surface area contributed by atoms with Crippen molar-refractivity contribution >= 4 is 35.2 Å². The monoisotopic (exact) mass is 356 g/mol. The molecule has 0 saturated carbocycles. The molecule has 1 aliphatic rings. The van der Waals surface area contributed by atoms with Crippen molar-refractivity contribution in [2.75, 3.05) is 13.7 Å². The lowest BCUT2D eigenvalue weighted by Crippen LogP contribution is -2.46. The Hall–Kier alpha value is -1.72. The van der Waals surface area contributed by atoms with E-state index in [4.69, 9.17) is 27.9 Å². The zero-order valence-electron chi connectivity index (χ0n) is 13.2. The lowest BCUT2D eigenvalue weighted by atomic mass is 9.95. The highest BCUT2D eigenvalue weighted by atomic mass is 35.5. The Bertz CT molecular complexity index is 673. The molecule has 1 aliphatic heterocycles. The highest BCUT2D eigenvalue weighted by Crippen LogP contribution is 2.33. The van der Waals surface area contributed by atoms with Crippen LogP contribution >= 0.6 is 23.2 Å². The first-order valence-electron chi connectivity index (χ1n) is 7.23. The number of carbonyl (C=O) groups is 2. The molecular formula is C16H18Cl2N2O3. The van der Waals surface area contributed by atoms with Crippen molar-refractivity contribution in [3.05, 3.63) is 45.1 Å². The molecule has 1 heterocycles. The van der Waals surface area contributed by atoms with Crippen LogP contribution in [0.15, 0.2) is 29.5 Å². The second kappa shape index (κ2) is 7.23. The van der Waals surface area contributed by atoms with Gasteiger partial charge in [-0.3, -0.25) is 0 Å². The summed E-state index contributed by atoms with van der Waals surface area (Å²) in [6, 6.07) is 4.07. The van der Waals surface area contributed by atoms with Gasteiger partial charge in [-0.25, -0.2) is 9.59 Å². The minimum Gasteiger partial charge on any atom is -0.462 e. The molecule has 124 valence electrons. The van der Waals surface area contributed by atoms with E-state index in [9.17, 15) is 9.59 Å². The molecular weight excluding hydrogens is 339 g/mol.